The molecule has 1 N–H and O–H groups in total. The molecule has 0 aliphatic carbocycles. The van der Waals surface area contributed by atoms with Crippen molar-refractivity contribution in [3.8, 4) is 0 Å². The lowest BCUT2D eigenvalue weighted by Crippen LogP contribution is -2.43. The second kappa shape index (κ2) is 9.10. The van der Waals surface area contributed by atoms with Crippen LogP contribution in [0.15, 0.2) is 70.3 Å². The fourth-order valence-corrected chi connectivity index (χ4v) is 4.07. The highest BCUT2D eigenvalue weighted by Crippen LogP contribution is 2.39. The van der Waals surface area contributed by atoms with E-state index in [2.05, 4.69) is 10.3 Å². The summed E-state index contributed by atoms with van der Waals surface area (Å²) in [4.78, 5) is 44.8. The van der Waals surface area contributed by atoms with Gasteiger partial charge in [0.2, 0.25) is 0 Å². The summed E-state index contributed by atoms with van der Waals surface area (Å²) < 4.78 is 42.9. The SMILES string of the molecule is CC1(C)C(=O)N(c2ccc(SC(F)(F)F)cc2)C(=O)N1Cc1ccnc(NC(=O)c2ccco2)c1. The molecular formula is C23H19F3N4O4S. The van der Waals surface area contributed by atoms with Crippen molar-refractivity contribution in [3.05, 3.63) is 72.3 Å². The summed E-state index contributed by atoms with van der Waals surface area (Å²) in [6.07, 6.45) is 2.82. The number of halogens is 3. The predicted molar refractivity (Wildman–Crippen MR) is 122 cm³/mol. The lowest BCUT2D eigenvalue weighted by molar-refractivity contribution is -0.123. The van der Waals surface area contributed by atoms with Gasteiger partial charge in [-0.25, -0.2) is 14.7 Å². The van der Waals surface area contributed by atoms with Gasteiger partial charge in [0, 0.05) is 17.6 Å². The molecule has 1 aromatic carbocycles. The summed E-state index contributed by atoms with van der Waals surface area (Å²) in [5.74, 6) is -0.673. The van der Waals surface area contributed by atoms with Gasteiger partial charge in [0.05, 0.1) is 12.0 Å². The first-order valence-corrected chi connectivity index (χ1v) is 11.1. The van der Waals surface area contributed by atoms with Gasteiger partial charge in [0.25, 0.3) is 11.8 Å². The Hall–Kier alpha value is -3.80. The highest BCUT2D eigenvalue weighted by Gasteiger charge is 2.51. The summed E-state index contributed by atoms with van der Waals surface area (Å²) in [5.41, 5.74) is -4.90. The Morgan fingerprint density at radius 1 is 1.14 bits per heavy atom. The zero-order valence-electron chi connectivity index (χ0n) is 18.5. The number of amides is 4. The molecule has 3 aromatic rings. The topological polar surface area (TPSA) is 95.8 Å². The number of alkyl halides is 3. The maximum Gasteiger partial charge on any atom is 0.446 e. The van der Waals surface area contributed by atoms with Crippen LogP contribution >= 0.6 is 11.8 Å². The minimum absolute atomic E-state index is 0.0300. The lowest BCUT2D eigenvalue weighted by Gasteiger charge is -2.27. The lowest BCUT2D eigenvalue weighted by atomic mass is 10.0. The third-order valence-corrected chi connectivity index (χ3v) is 6.04. The number of nitrogens with zero attached hydrogens (tertiary/aromatic N) is 3. The summed E-state index contributed by atoms with van der Waals surface area (Å²) in [7, 11) is 0. The Morgan fingerprint density at radius 2 is 1.86 bits per heavy atom. The minimum atomic E-state index is -4.44. The molecule has 2 aromatic heterocycles. The molecule has 4 rings (SSSR count). The van der Waals surface area contributed by atoms with Gasteiger partial charge in [0.1, 0.15) is 11.4 Å². The third-order valence-electron chi connectivity index (χ3n) is 5.30. The normalized spacial score (nSPS) is 15.6. The molecule has 1 aliphatic heterocycles. The van der Waals surface area contributed by atoms with Crippen molar-refractivity contribution in [2.45, 2.75) is 36.3 Å². The number of thioether (sulfide) groups is 1. The Kier molecular flexibility index (Phi) is 6.32. The molecule has 3 heterocycles. The van der Waals surface area contributed by atoms with Crippen molar-refractivity contribution in [1.29, 1.82) is 0 Å². The largest absolute Gasteiger partial charge is 0.459 e. The van der Waals surface area contributed by atoms with Crippen molar-refractivity contribution in [2.24, 2.45) is 0 Å². The number of aromatic nitrogens is 1. The Morgan fingerprint density at radius 3 is 2.49 bits per heavy atom. The number of carbonyl (C=O) groups is 3. The number of anilines is 2. The standard InChI is InChI=1S/C23H19F3N4O4S/c1-22(2)20(32)30(15-5-7-16(8-6-15)35-23(24,25)26)21(33)29(22)13-14-9-10-27-18(12-14)28-19(31)17-4-3-11-34-17/h3-12H,13H2,1-2H3,(H,27,28,31). The molecule has 0 radical (unpaired) electrons. The van der Waals surface area contributed by atoms with Crippen molar-refractivity contribution in [2.75, 3.05) is 10.2 Å². The first kappa shape index (κ1) is 24.3. The molecule has 4 amide bonds. The first-order chi connectivity index (χ1) is 16.5. The molecule has 0 unspecified atom stereocenters. The second-order valence-corrected chi connectivity index (χ2v) is 9.23. The maximum absolute atomic E-state index is 13.2. The first-order valence-electron chi connectivity index (χ1n) is 10.3. The number of benzene rings is 1. The fourth-order valence-electron chi connectivity index (χ4n) is 3.53. The van der Waals surface area contributed by atoms with Gasteiger partial charge < -0.3 is 14.6 Å². The molecule has 0 atom stereocenters. The van der Waals surface area contributed by atoms with Crippen molar-refractivity contribution >= 4 is 41.1 Å². The van der Waals surface area contributed by atoms with Crippen LogP contribution < -0.4 is 10.2 Å². The summed E-state index contributed by atoms with van der Waals surface area (Å²) >= 11 is -0.280. The number of hydrogen-bond donors (Lipinski definition) is 1. The number of urea groups is 1. The number of imide groups is 1. The van der Waals surface area contributed by atoms with Gasteiger partial charge in [-0.15, -0.1) is 0 Å². The number of hydrogen-bond acceptors (Lipinski definition) is 6. The maximum atomic E-state index is 13.2. The number of nitrogens with one attached hydrogen (secondary N) is 1. The van der Waals surface area contributed by atoms with E-state index in [1.807, 2.05) is 0 Å². The van der Waals surface area contributed by atoms with Gasteiger partial charge in [-0.1, -0.05) is 0 Å². The van der Waals surface area contributed by atoms with Crippen LogP contribution in [-0.4, -0.2) is 38.8 Å². The zero-order valence-corrected chi connectivity index (χ0v) is 19.3. The quantitative estimate of drug-likeness (QED) is 0.362. The van der Waals surface area contributed by atoms with Gasteiger partial charge in [-0.2, -0.15) is 13.2 Å². The van der Waals surface area contributed by atoms with Crippen LogP contribution in [-0.2, 0) is 11.3 Å². The van der Waals surface area contributed by atoms with E-state index in [4.69, 9.17) is 4.42 Å². The van der Waals surface area contributed by atoms with E-state index >= 15 is 0 Å². The van der Waals surface area contributed by atoms with Crippen LogP contribution in [0.5, 0.6) is 0 Å². The van der Waals surface area contributed by atoms with Gasteiger partial charge in [-0.05, 0) is 79.7 Å². The van der Waals surface area contributed by atoms with E-state index in [1.165, 1.54) is 47.7 Å². The van der Waals surface area contributed by atoms with E-state index in [-0.39, 0.29) is 40.5 Å². The molecule has 0 bridgehead atoms. The van der Waals surface area contributed by atoms with Gasteiger partial charge in [-0.3, -0.25) is 9.59 Å². The molecule has 1 saturated heterocycles. The van der Waals surface area contributed by atoms with Gasteiger partial charge in [0.15, 0.2) is 5.76 Å². The molecule has 12 heteroatoms. The second-order valence-electron chi connectivity index (χ2n) is 8.09. The van der Waals surface area contributed by atoms with Crippen molar-refractivity contribution in [3.63, 3.8) is 0 Å². The van der Waals surface area contributed by atoms with Crippen molar-refractivity contribution < 1.29 is 32.0 Å². The van der Waals surface area contributed by atoms with Crippen LogP contribution in [0.1, 0.15) is 30.0 Å². The van der Waals surface area contributed by atoms with E-state index < -0.39 is 28.9 Å². The molecule has 8 nitrogen and oxygen atoms in total. The Balaban J connectivity index is 1.52. The Bertz CT molecular complexity index is 1260. The predicted octanol–water partition coefficient (Wildman–Crippen LogP) is 5.29. The fraction of sp³-hybridized carbons (Fsp3) is 0.217. The molecule has 1 aliphatic rings. The van der Waals surface area contributed by atoms with Crippen LogP contribution in [0.25, 0.3) is 0 Å². The smallest absolute Gasteiger partial charge is 0.446 e. The number of pyridine rings is 1. The number of carbonyl (C=O) groups excluding carboxylic acids is 3. The van der Waals surface area contributed by atoms with E-state index in [0.29, 0.717) is 5.56 Å². The van der Waals surface area contributed by atoms with Crippen LogP contribution in [0.4, 0.5) is 29.5 Å². The molecule has 0 saturated carbocycles. The van der Waals surface area contributed by atoms with E-state index in [1.54, 1.807) is 32.0 Å². The third kappa shape index (κ3) is 5.16. The average molecular weight is 504 g/mol. The molecule has 1 fully saturated rings. The van der Waals surface area contributed by atoms with Crippen LogP contribution in [0.3, 0.4) is 0 Å². The van der Waals surface area contributed by atoms with Crippen molar-refractivity contribution in [1.82, 2.24) is 9.88 Å². The zero-order chi connectivity index (χ0) is 25.4. The van der Waals surface area contributed by atoms with Gasteiger partial charge >= 0.3 is 11.5 Å². The number of furan rings is 1. The minimum Gasteiger partial charge on any atom is -0.459 e. The van der Waals surface area contributed by atoms with E-state index in [0.717, 1.165) is 4.90 Å². The molecule has 182 valence electrons. The molecule has 0 spiro atoms. The highest BCUT2D eigenvalue weighted by molar-refractivity contribution is 8.00. The highest BCUT2D eigenvalue weighted by atomic mass is 32.2. The Labute approximate surface area is 202 Å². The molecular weight excluding hydrogens is 485 g/mol. The monoisotopic (exact) mass is 504 g/mol. The average Bonchev–Trinajstić information content (AvgIpc) is 3.37. The van der Waals surface area contributed by atoms with E-state index in [9.17, 15) is 27.6 Å². The summed E-state index contributed by atoms with van der Waals surface area (Å²) in [5, 5.41) is 2.60. The molecule has 35 heavy (non-hydrogen) atoms. The summed E-state index contributed by atoms with van der Waals surface area (Å²) in [6.45, 7) is 3.20. The van der Waals surface area contributed by atoms with Crippen LogP contribution in [0.2, 0.25) is 0 Å². The van der Waals surface area contributed by atoms with Crippen LogP contribution in [0, 0.1) is 0 Å². The number of rotatable bonds is 6. The summed E-state index contributed by atoms with van der Waals surface area (Å²) in [6, 6.07) is 10.7.